The molecular weight excluding hydrogens is 376 g/mol. The smallest absolute Gasteiger partial charge is 0.326 e. The molecule has 6 nitrogen and oxygen atoms in total. The Morgan fingerprint density at radius 2 is 2.04 bits per heavy atom. The number of nitrogens with one attached hydrogen (secondary N) is 1. The van der Waals surface area contributed by atoms with Crippen LogP contribution in [0.3, 0.4) is 0 Å². The molecule has 26 heavy (non-hydrogen) atoms. The van der Waals surface area contributed by atoms with E-state index in [1.807, 2.05) is 0 Å². The summed E-state index contributed by atoms with van der Waals surface area (Å²) in [4.78, 5) is 38.4. The minimum Gasteiger partial charge on any atom is -0.480 e. The van der Waals surface area contributed by atoms with E-state index in [2.05, 4.69) is 5.32 Å². The maximum atomic E-state index is 12.8. The van der Waals surface area contributed by atoms with Gasteiger partial charge in [-0.05, 0) is 48.9 Å². The lowest BCUT2D eigenvalue weighted by Gasteiger charge is -2.33. The number of aliphatic carboxylic acids is 1. The van der Waals surface area contributed by atoms with E-state index < -0.39 is 12.0 Å². The zero-order valence-electron chi connectivity index (χ0n) is 13.8. The first-order valence-corrected chi connectivity index (χ1v) is 9.41. The van der Waals surface area contributed by atoms with Crippen molar-refractivity contribution in [3.63, 3.8) is 0 Å². The number of hydrogen-bond donors (Lipinski definition) is 2. The average molecular weight is 393 g/mol. The van der Waals surface area contributed by atoms with E-state index in [1.54, 1.807) is 23.6 Å². The van der Waals surface area contributed by atoms with Crippen molar-refractivity contribution < 1.29 is 19.5 Å². The van der Waals surface area contributed by atoms with E-state index in [4.69, 9.17) is 11.6 Å². The minimum absolute atomic E-state index is 0.295. The van der Waals surface area contributed by atoms with Crippen molar-refractivity contribution in [1.82, 2.24) is 4.90 Å². The van der Waals surface area contributed by atoms with E-state index in [0.717, 1.165) is 12.8 Å². The van der Waals surface area contributed by atoms with E-state index in [-0.39, 0.29) is 11.8 Å². The molecule has 1 aromatic heterocycles. The standard InChI is InChI=1S/C18H17ClN2O4S/c19-12-7-6-11(10-13(12)20-16(22)15-5-3-9-26-15)17(23)21-8-2-1-4-14(21)18(24)25/h3,5-7,9-10,14H,1-2,4,8H2,(H,20,22)(H,24,25). The first-order valence-electron chi connectivity index (χ1n) is 8.15. The number of amides is 2. The Bertz CT molecular complexity index is 838. The molecule has 1 fully saturated rings. The molecule has 136 valence electrons. The Morgan fingerprint density at radius 3 is 2.73 bits per heavy atom. The first-order chi connectivity index (χ1) is 12.5. The van der Waals surface area contributed by atoms with Crippen molar-refractivity contribution in [1.29, 1.82) is 0 Å². The summed E-state index contributed by atoms with van der Waals surface area (Å²) in [5.74, 6) is -1.69. The molecule has 0 radical (unpaired) electrons. The monoisotopic (exact) mass is 392 g/mol. The van der Waals surface area contributed by atoms with Gasteiger partial charge in [0.2, 0.25) is 0 Å². The fraction of sp³-hybridized carbons (Fsp3) is 0.278. The molecule has 0 aliphatic carbocycles. The molecule has 1 unspecified atom stereocenters. The van der Waals surface area contributed by atoms with Crippen LogP contribution in [0.1, 0.15) is 39.3 Å². The second-order valence-corrected chi connectivity index (χ2v) is 7.33. The molecule has 2 N–H and O–H groups in total. The van der Waals surface area contributed by atoms with Gasteiger partial charge >= 0.3 is 5.97 Å². The Labute approximate surface area is 159 Å². The fourth-order valence-corrected chi connectivity index (χ4v) is 3.73. The topological polar surface area (TPSA) is 86.7 Å². The number of piperidine rings is 1. The van der Waals surface area contributed by atoms with Crippen LogP contribution in [0.5, 0.6) is 0 Å². The van der Waals surface area contributed by atoms with Gasteiger partial charge in [-0.15, -0.1) is 11.3 Å². The maximum absolute atomic E-state index is 12.8. The largest absolute Gasteiger partial charge is 0.480 e. The first kappa shape index (κ1) is 18.4. The molecule has 1 atom stereocenters. The predicted octanol–water partition coefficient (Wildman–Crippen LogP) is 3.73. The lowest BCUT2D eigenvalue weighted by Crippen LogP contribution is -2.48. The van der Waals surface area contributed by atoms with Crippen molar-refractivity contribution in [2.24, 2.45) is 0 Å². The van der Waals surface area contributed by atoms with Gasteiger partial charge in [0.05, 0.1) is 15.6 Å². The van der Waals surface area contributed by atoms with Crippen LogP contribution in [0.25, 0.3) is 0 Å². The number of anilines is 1. The van der Waals surface area contributed by atoms with Gasteiger partial charge in [-0.2, -0.15) is 0 Å². The van der Waals surface area contributed by atoms with Gasteiger partial charge in [0.15, 0.2) is 0 Å². The van der Waals surface area contributed by atoms with Gasteiger partial charge < -0.3 is 15.3 Å². The van der Waals surface area contributed by atoms with Crippen LogP contribution in [0.2, 0.25) is 5.02 Å². The Morgan fingerprint density at radius 1 is 1.23 bits per heavy atom. The molecule has 2 aromatic rings. The van der Waals surface area contributed by atoms with Crippen LogP contribution >= 0.6 is 22.9 Å². The quantitative estimate of drug-likeness (QED) is 0.829. The highest BCUT2D eigenvalue weighted by molar-refractivity contribution is 7.12. The van der Waals surface area contributed by atoms with Gasteiger partial charge in [0, 0.05) is 12.1 Å². The predicted molar refractivity (Wildman–Crippen MR) is 100 cm³/mol. The van der Waals surface area contributed by atoms with Crippen molar-refractivity contribution >= 4 is 46.4 Å². The summed E-state index contributed by atoms with van der Waals surface area (Å²) in [5, 5.41) is 14.2. The molecule has 3 rings (SSSR count). The van der Waals surface area contributed by atoms with Crippen LogP contribution in [0.15, 0.2) is 35.7 Å². The van der Waals surface area contributed by atoms with Crippen molar-refractivity contribution in [2.75, 3.05) is 11.9 Å². The third-order valence-electron chi connectivity index (χ3n) is 4.26. The number of benzene rings is 1. The lowest BCUT2D eigenvalue weighted by molar-refractivity contribution is -0.143. The van der Waals surface area contributed by atoms with Gasteiger partial charge in [0.1, 0.15) is 6.04 Å². The Balaban J connectivity index is 1.83. The Hall–Kier alpha value is -2.38. The summed E-state index contributed by atoms with van der Waals surface area (Å²) in [6.07, 6.45) is 1.99. The molecular formula is C18H17ClN2O4S. The van der Waals surface area contributed by atoms with E-state index in [1.165, 1.54) is 28.4 Å². The highest BCUT2D eigenvalue weighted by Crippen LogP contribution is 2.27. The van der Waals surface area contributed by atoms with E-state index in [9.17, 15) is 19.5 Å². The molecule has 1 aliphatic rings. The van der Waals surface area contributed by atoms with Gasteiger partial charge in [-0.1, -0.05) is 17.7 Å². The Kier molecular flexibility index (Phi) is 5.58. The van der Waals surface area contributed by atoms with Crippen LogP contribution in [0.4, 0.5) is 5.69 Å². The van der Waals surface area contributed by atoms with Crippen LogP contribution in [-0.2, 0) is 4.79 Å². The second-order valence-electron chi connectivity index (χ2n) is 5.97. The number of carboxylic acids is 1. The third kappa shape index (κ3) is 3.89. The van der Waals surface area contributed by atoms with Crippen molar-refractivity contribution in [3.05, 3.63) is 51.2 Å². The van der Waals surface area contributed by atoms with Crippen molar-refractivity contribution in [3.8, 4) is 0 Å². The number of carbonyl (C=O) groups is 3. The number of carboxylic acid groups (broad SMARTS) is 1. The summed E-state index contributed by atoms with van der Waals surface area (Å²) in [7, 11) is 0. The second kappa shape index (κ2) is 7.88. The number of rotatable bonds is 4. The van der Waals surface area contributed by atoms with Crippen molar-refractivity contribution in [2.45, 2.75) is 25.3 Å². The average Bonchev–Trinajstić information content (AvgIpc) is 3.17. The van der Waals surface area contributed by atoms with Gasteiger partial charge in [-0.3, -0.25) is 9.59 Å². The molecule has 2 heterocycles. The normalized spacial score (nSPS) is 17.0. The van der Waals surface area contributed by atoms with Crippen LogP contribution in [0, 0.1) is 0 Å². The molecule has 8 heteroatoms. The van der Waals surface area contributed by atoms with Crippen LogP contribution in [-0.4, -0.2) is 40.4 Å². The number of likely N-dealkylation sites (tertiary alicyclic amines) is 1. The molecule has 1 saturated heterocycles. The molecule has 2 amide bonds. The van der Waals surface area contributed by atoms with Gasteiger partial charge in [0.25, 0.3) is 11.8 Å². The maximum Gasteiger partial charge on any atom is 0.326 e. The molecule has 1 aromatic carbocycles. The number of halogens is 1. The number of hydrogen-bond acceptors (Lipinski definition) is 4. The zero-order chi connectivity index (χ0) is 18.7. The zero-order valence-corrected chi connectivity index (χ0v) is 15.3. The molecule has 0 saturated carbocycles. The SMILES string of the molecule is O=C(Nc1cc(C(=O)N2CCCCC2C(=O)O)ccc1Cl)c1cccs1. The molecule has 0 bridgehead atoms. The van der Waals surface area contributed by atoms with E-state index >= 15 is 0 Å². The highest BCUT2D eigenvalue weighted by Gasteiger charge is 2.32. The van der Waals surface area contributed by atoms with Crippen LogP contribution < -0.4 is 5.32 Å². The lowest BCUT2D eigenvalue weighted by atomic mass is 10.0. The fourth-order valence-electron chi connectivity index (χ4n) is 2.94. The van der Waals surface area contributed by atoms with E-state index in [0.29, 0.717) is 34.1 Å². The summed E-state index contributed by atoms with van der Waals surface area (Å²) < 4.78 is 0. The third-order valence-corrected chi connectivity index (χ3v) is 5.45. The summed E-state index contributed by atoms with van der Waals surface area (Å²) >= 11 is 7.44. The number of carbonyl (C=O) groups excluding carboxylic acids is 2. The molecule has 1 aliphatic heterocycles. The summed E-state index contributed by atoms with van der Waals surface area (Å²) in [6.45, 7) is 0.398. The number of nitrogens with zero attached hydrogens (tertiary/aromatic N) is 1. The minimum atomic E-state index is -1.00. The molecule has 0 spiro atoms. The number of thiophene rings is 1. The highest BCUT2D eigenvalue weighted by atomic mass is 35.5. The summed E-state index contributed by atoms with van der Waals surface area (Å²) in [6, 6.07) is 7.19. The van der Waals surface area contributed by atoms with Gasteiger partial charge in [-0.25, -0.2) is 4.79 Å². The summed E-state index contributed by atoms with van der Waals surface area (Å²) in [5.41, 5.74) is 0.615.